The SMILES string of the molecule is Cc1cc(C)c(S(=O)(=O)N(C)CC(C)(C)CN)c(C)c1. The van der Waals surface area contributed by atoms with Gasteiger partial charge < -0.3 is 5.73 Å². The van der Waals surface area contributed by atoms with Gasteiger partial charge in [-0.3, -0.25) is 0 Å². The van der Waals surface area contributed by atoms with Gasteiger partial charge in [0.1, 0.15) is 0 Å². The molecule has 2 N–H and O–H groups in total. The van der Waals surface area contributed by atoms with Gasteiger partial charge in [-0.2, -0.15) is 0 Å². The van der Waals surface area contributed by atoms with E-state index in [2.05, 4.69) is 0 Å². The first-order chi connectivity index (χ1) is 9.01. The lowest BCUT2D eigenvalue weighted by atomic mass is 9.94. The average Bonchev–Trinajstić information content (AvgIpc) is 2.26. The van der Waals surface area contributed by atoms with Crippen LogP contribution in [0.4, 0.5) is 0 Å². The third kappa shape index (κ3) is 3.59. The van der Waals surface area contributed by atoms with Gasteiger partial charge in [-0.15, -0.1) is 0 Å². The van der Waals surface area contributed by atoms with Crippen LogP contribution >= 0.6 is 0 Å². The van der Waals surface area contributed by atoms with Crippen LogP contribution in [0.5, 0.6) is 0 Å². The molecule has 114 valence electrons. The molecule has 4 nitrogen and oxygen atoms in total. The van der Waals surface area contributed by atoms with Gasteiger partial charge in [0, 0.05) is 13.6 Å². The highest BCUT2D eigenvalue weighted by molar-refractivity contribution is 7.89. The molecule has 0 aliphatic heterocycles. The normalized spacial score (nSPS) is 13.0. The monoisotopic (exact) mass is 298 g/mol. The Kier molecular flexibility index (Phi) is 5.00. The number of hydrogen-bond donors (Lipinski definition) is 1. The molecule has 0 saturated heterocycles. The largest absolute Gasteiger partial charge is 0.330 e. The predicted molar refractivity (Wildman–Crippen MR) is 83.3 cm³/mol. The first kappa shape index (κ1) is 17.1. The molecule has 0 amide bonds. The molecular formula is C15H26N2O2S. The third-order valence-corrected chi connectivity index (χ3v) is 5.59. The molecule has 1 aromatic carbocycles. The minimum Gasteiger partial charge on any atom is -0.330 e. The predicted octanol–water partition coefficient (Wildman–Crippen LogP) is 2.22. The van der Waals surface area contributed by atoms with Crippen LogP contribution in [0.3, 0.4) is 0 Å². The fourth-order valence-electron chi connectivity index (χ4n) is 2.48. The van der Waals surface area contributed by atoms with Gasteiger partial charge in [0.2, 0.25) is 10.0 Å². The third-order valence-electron chi connectivity index (χ3n) is 3.48. The summed E-state index contributed by atoms with van der Waals surface area (Å²) < 4.78 is 26.9. The Morgan fingerprint density at radius 3 is 2.00 bits per heavy atom. The maximum atomic E-state index is 12.8. The Bertz CT molecular complexity index is 569. The molecule has 0 heterocycles. The first-order valence-corrected chi connectivity index (χ1v) is 8.19. The van der Waals surface area contributed by atoms with Crippen molar-refractivity contribution in [3.8, 4) is 0 Å². The Hall–Kier alpha value is -0.910. The Morgan fingerprint density at radius 2 is 1.60 bits per heavy atom. The molecule has 0 atom stereocenters. The van der Waals surface area contributed by atoms with Crippen molar-refractivity contribution in [3.63, 3.8) is 0 Å². The van der Waals surface area contributed by atoms with E-state index in [1.54, 1.807) is 7.05 Å². The van der Waals surface area contributed by atoms with Crippen LogP contribution in [-0.2, 0) is 10.0 Å². The van der Waals surface area contributed by atoms with Crippen LogP contribution in [0.2, 0.25) is 0 Å². The molecule has 0 unspecified atom stereocenters. The van der Waals surface area contributed by atoms with Gasteiger partial charge in [0.15, 0.2) is 0 Å². The summed E-state index contributed by atoms with van der Waals surface area (Å²) in [7, 11) is -1.87. The summed E-state index contributed by atoms with van der Waals surface area (Å²) in [5, 5.41) is 0. The van der Waals surface area contributed by atoms with Crippen LogP contribution in [0.25, 0.3) is 0 Å². The van der Waals surface area contributed by atoms with Crippen LogP contribution in [0.1, 0.15) is 30.5 Å². The lowest BCUT2D eigenvalue weighted by Gasteiger charge is -2.29. The summed E-state index contributed by atoms with van der Waals surface area (Å²) >= 11 is 0. The summed E-state index contributed by atoms with van der Waals surface area (Å²) in [5.41, 5.74) is 8.11. The van der Waals surface area contributed by atoms with Gasteiger partial charge >= 0.3 is 0 Å². The minimum absolute atomic E-state index is 0.242. The highest BCUT2D eigenvalue weighted by atomic mass is 32.2. The van der Waals surface area contributed by atoms with Gasteiger partial charge in [0.05, 0.1) is 4.90 Å². The van der Waals surface area contributed by atoms with Gasteiger partial charge in [-0.1, -0.05) is 31.5 Å². The zero-order valence-electron chi connectivity index (χ0n) is 13.3. The fraction of sp³-hybridized carbons (Fsp3) is 0.600. The van der Waals surface area contributed by atoms with Crippen LogP contribution in [0, 0.1) is 26.2 Å². The van der Waals surface area contributed by atoms with E-state index in [1.165, 1.54) is 4.31 Å². The molecule has 0 spiro atoms. The van der Waals surface area contributed by atoms with E-state index in [4.69, 9.17) is 5.73 Å². The van der Waals surface area contributed by atoms with Crippen molar-refractivity contribution in [2.45, 2.75) is 39.5 Å². The molecule has 0 fully saturated rings. The van der Waals surface area contributed by atoms with E-state index in [0.717, 1.165) is 16.7 Å². The number of benzene rings is 1. The molecule has 0 aliphatic rings. The van der Waals surface area contributed by atoms with Crippen molar-refractivity contribution >= 4 is 10.0 Å². The highest BCUT2D eigenvalue weighted by Crippen LogP contribution is 2.26. The van der Waals surface area contributed by atoms with Gasteiger partial charge in [-0.25, -0.2) is 12.7 Å². The highest BCUT2D eigenvalue weighted by Gasteiger charge is 2.29. The fourth-order valence-corrected chi connectivity index (χ4v) is 4.24. The van der Waals surface area contributed by atoms with Crippen LogP contribution in [0.15, 0.2) is 17.0 Å². The Labute approximate surface area is 123 Å². The number of aryl methyl sites for hydroxylation is 3. The smallest absolute Gasteiger partial charge is 0.243 e. The van der Waals surface area contributed by atoms with Crippen molar-refractivity contribution in [1.82, 2.24) is 4.31 Å². The molecule has 1 aromatic rings. The summed E-state index contributed by atoms with van der Waals surface area (Å²) in [6.45, 7) is 10.4. The summed E-state index contributed by atoms with van der Waals surface area (Å²) in [6, 6.07) is 3.81. The van der Waals surface area contributed by atoms with Crippen LogP contribution < -0.4 is 5.73 Å². The van der Waals surface area contributed by atoms with Crippen molar-refractivity contribution in [2.24, 2.45) is 11.1 Å². The number of sulfonamides is 1. The van der Waals surface area contributed by atoms with E-state index in [-0.39, 0.29) is 5.41 Å². The molecule has 0 saturated carbocycles. The molecule has 20 heavy (non-hydrogen) atoms. The summed E-state index contributed by atoms with van der Waals surface area (Å²) in [5.74, 6) is 0. The van der Waals surface area contributed by atoms with E-state index < -0.39 is 10.0 Å². The van der Waals surface area contributed by atoms with E-state index in [9.17, 15) is 8.42 Å². The second-order valence-electron chi connectivity index (χ2n) is 6.36. The molecule has 0 radical (unpaired) electrons. The standard InChI is InChI=1S/C15H26N2O2S/c1-11-7-12(2)14(13(3)8-11)20(18,19)17(6)10-15(4,5)9-16/h7-8H,9-10,16H2,1-6H3. The number of rotatable bonds is 5. The lowest BCUT2D eigenvalue weighted by Crippen LogP contribution is -2.40. The molecular weight excluding hydrogens is 272 g/mol. The molecule has 0 bridgehead atoms. The minimum atomic E-state index is -3.48. The van der Waals surface area contributed by atoms with Crippen molar-refractivity contribution in [1.29, 1.82) is 0 Å². The van der Waals surface area contributed by atoms with Crippen molar-refractivity contribution in [3.05, 3.63) is 28.8 Å². The second kappa shape index (κ2) is 5.84. The Morgan fingerprint density at radius 1 is 1.15 bits per heavy atom. The lowest BCUT2D eigenvalue weighted by molar-refractivity contribution is 0.291. The summed E-state index contributed by atoms with van der Waals surface area (Å²) in [4.78, 5) is 0.415. The van der Waals surface area contributed by atoms with E-state index in [0.29, 0.717) is 18.0 Å². The molecule has 1 rings (SSSR count). The quantitative estimate of drug-likeness (QED) is 0.906. The molecule has 0 aromatic heterocycles. The second-order valence-corrected chi connectivity index (χ2v) is 8.34. The van der Waals surface area contributed by atoms with E-state index >= 15 is 0 Å². The zero-order chi connectivity index (χ0) is 15.7. The Balaban J connectivity index is 3.24. The zero-order valence-corrected chi connectivity index (χ0v) is 14.1. The summed E-state index contributed by atoms with van der Waals surface area (Å²) in [6.07, 6.45) is 0. The maximum absolute atomic E-state index is 12.8. The number of hydrogen-bond acceptors (Lipinski definition) is 3. The van der Waals surface area contributed by atoms with E-state index in [1.807, 2.05) is 46.8 Å². The average molecular weight is 298 g/mol. The number of nitrogens with two attached hydrogens (primary N) is 1. The maximum Gasteiger partial charge on any atom is 0.243 e. The number of nitrogens with zero attached hydrogens (tertiary/aromatic N) is 1. The topological polar surface area (TPSA) is 63.4 Å². The van der Waals surface area contributed by atoms with Gasteiger partial charge in [0.25, 0.3) is 0 Å². The van der Waals surface area contributed by atoms with Crippen molar-refractivity contribution in [2.75, 3.05) is 20.1 Å². The van der Waals surface area contributed by atoms with Crippen molar-refractivity contribution < 1.29 is 8.42 Å². The molecule has 5 heteroatoms. The van der Waals surface area contributed by atoms with Crippen LogP contribution in [-0.4, -0.2) is 32.9 Å². The first-order valence-electron chi connectivity index (χ1n) is 6.75. The molecule has 0 aliphatic carbocycles. The van der Waals surface area contributed by atoms with Gasteiger partial charge in [-0.05, 0) is 43.9 Å².